The third-order valence-electron chi connectivity index (χ3n) is 2.02. The molecule has 0 bridgehead atoms. The highest BCUT2D eigenvalue weighted by Crippen LogP contribution is 2.17. The van der Waals surface area contributed by atoms with E-state index in [-0.39, 0.29) is 0 Å². The van der Waals surface area contributed by atoms with Gasteiger partial charge >= 0.3 is 5.97 Å². The van der Waals surface area contributed by atoms with Crippen LogP contribution < -0.4 is 4.74 Å². The zero-order chi connectivity index (χ0) is 11.3. The van der Waals surface area contributed by atoms with Gasteiger partial charge in [0.1, 0.15) is 5.75 Å². The molecule has 1 aromatic rings. The summed E-state index contributed by atoms with van der Waals surface area (Å²) >= 11 is 0. The number of benzene rings is 1. The first-order valence-electron chi connectivity index (χ1n) is 4.73. The van der Waals surface area contributed by atoms with Crippen molar-refractivity contribution < 1.29 is 14.6 Å². The van der Waals surface area contributed by atoms with E-state index in [9.17, 15) is 4.79 Å². The van der Waals surface area contributed by atoms with Crippen LogP contribution in [0.1, 0.15) is 22.3 Å². The van der Waals surface area contributed by atoms with Crippen molar-refractivity contribution in [2.45, 2.75) is 13.3 Å². The fourth-order valence-corrected chi connectivity index (χ4v) is 1.23. The van der Waals surface area contributed by atoms with Crippen LogP contribution in [0.15, 0.2) is 30.9 Å². The van der Waals surface area contributed by atoms with Crippen molar-refractivity contribution in [3.63, 3.8) is 0 Å². The molecule has 0 unspecified atom stereocenters. The van der Waals surface area contributed by atoms with Crippen LogP contribution in [-0.2, 0) is 0 Å². The van der Waals surface area contributed by atoms with E-state index in [4.69, 9.17) is 9.84 Å². The molecule has 0 amide bonds. The van der Waals surface area contributed by atoms with Crippen LogP contribution in [0.5, 0.6) is 5.75 Å². The standard InChI is InChI=1S/C12H14O3/c1-3-4-7-15-10-5-6-11(12(13)14)9(2)8-10/h3,5-6,8H,1,4,7H2,2H3,(H,13,14). The lowest BCUT2D eigenvalue weighted by atomic mass is 10.1. The minimum absolute atomic E-state index is 0.311. The van der Waals surface area contributed by atoms with E-state index in [1.165, 1.54) is 0 Å². The van der Waals surface area contributed by atoms with E-state index in [2.05, 4.69) is 6.58 Å². The highest BCUT2D eigenvalue weighted by molar-refractivity contribution is 5.89. The van der Waals surface area contributed by atoms with E-state index in [0.29, 0.717) is 23.5 Å². The summed E-state index contributed by atoms with van der Waals surface area (Å²) in [6, 6.07) is 4.95. The number of rotatable bonds is 5. The fraction of sp³-hybridized carbons (Fsp3) is 0.250. The average Bonchev–Trinajstić information content (AvgIpc) is 2.17. The molecule has 15 heavy (non-hydrogen) atoms. The summed E-state index contributed by atoms with van der Waals surface area (Å²) in [6.07, 6.45) is 2.55. The van der Waals surface area contributed by atoms with Gasteiger partial charge < -0.3 is 9.84 Å². The molecule has 1 aromatic carbocycles. The largest absolute Gasteiger partial charge is 0.493 e. The molecule has 1 rings (SSSR count). The normalized spacial score (nSPS) is 9.67. The molecule has 0 radical (unpaired) electrons. The maximum Gasteiger partial charge on any atom is 0.335 e. The van der Waals surface area contributed by atoms with Crippen LogP contribution in [-0.4, -0.2) is 17.7 Å². The van der Waals surface area contributed by atoms with Crippen molar-refractivity contribution in [1.82, 2.24) is 0 Å². The highest BCUT2D eigenvalue weighted by atomic mass is 16.5. The van der Waals surface area contributed by atoms with Gasteiger partial charge in [0.2, 0.25) is 0 Å². The second-order valence-corrected chi connectivity index (χ2v) is 3.21. The Morgan fingerprint density at radius 3 is 2.87 bits per heavy atom. The van der Waals surface area contributed by atoms with Crippen molar-refractivity contribution in [3.8, 4) is 5.75 Å². The van der Waals surface area contributed by atoms with Crippen LogP contribution >= 0.6 is 0 Å². The monoisotopic (exact) mass is 206 g/mol. The molecule has 1 N–H and O–H groups in total. The minimum atomic E-state index is -0.912. The van der Waals surface area contributed by atoms with Gasteiger partial charge in [-0.15, -0.1) is 6.58 Å². The average molecular weight is 206 g/mol. The Morgan fingerprint density at radius 2 is 2.33 bits per heavy atom. The Labute approximate surface area is 89.0 Å². The number of aryl methyl sites for hydroxylation is 1. The smallest absolute Gasteiger partial charge is 0.335 e. The molecule has 0 aliphatic heterocycles. The van der Waals surface area contributed by atoms with E-state index >= 15 is 0 Å². The fourth-order valence-electron chi connectivity index (χ4n) is 1.23. The first-order chi connectivity index (χ1) is 7.15. The third-order valence-corrected chi connectivity index (χ3v) is 2.02. The van der Waals surface area contributed by atoms with Crippen molar-refractivity contribution >= 4 is 5.97 Å². The molecule has 0 saturated carbocycles. The second kappa shape index (κ2) is 5.20. The summed E-state index contributed by atoms with van der Waals surface area (Å²) in [4.78, 5) is 10.7. The van der Waals surface area contributed by atoms with Crippen LogP contribution in [0.4, 0.5) is 0 Å². The number of carboxylic acids is 1. The molecule has 3 nitrogen and oxygen atoms in total. The van der Waals surface area contributed by atoms with Gasteiger partial charge in [-0.2, -0.15) is 0 Å². The van der Waals surface area contributed by atoms with E-state index in [1.807, 2.05) is 0 Å². The summed E-state index contributed by atoms with van der Waals surface area (Å²) in [5.41, 5.74) is 1.02. The molecule has 0 spiro atoms. The molecule has 0 aliphatic carbocycles. The molecule has 0 atom stereocenters. The number of ether oxygens (including phenoxy) is 1. The molecule has 0 aliphatic rings. The Bertz CT molecular complexity index is 369. The maximum atomic E-state index is 10.7. The lowest BCUT2D eigenvalue weighted by Gasteiger charge is -2.06. The van der Waals surface area contributed by atoms with Crippen molar-refractivity contribution in [2.24, 2.45) is 0 Å². The zero-order valence-electron chi connectivity index (χ0n) is 8.69. The zero-order valence-corrected chi connectivity index (χ0v) is 8.69. The van der Waals surface area contributed by atoms with Crippen LogP contribution in [0.2, 0.25) is 0 Å². The molecule has 0 saturated heterocycles. The van der Waals surface area contributed by atoms with E-state index < -0.39 is 5.97 Å². The number of hydrogen-bond acceptors (Lipinski definition) is 2. The summed E-state index contributed by atoms with van der Waals surface area (Å²) in [5.74, 6) is -0.218. The molecule has 0 aromatic heterocycles. The Morgan fingerprint density at radius 1 is 1.60 bits per heavy atom. The van der Waals surface area contributed by atoms with Gasteiger partial charge in [-0.25, -0.2) is 4.79 Å². The van der Waals surface area contributed by atoms with Gasteiger partial charge in [0, 0.05) is 0 Å². The van der Waals surface area contributed by atoms with Gasteiger partial charge in [0.15, 0.2) is 0 Å². The molecular weight excluding hydrogens is 192 g/mol. The Balaban J connectivity index is 2.73. The summed E-state index contributed by atoms with van der Waals surface area (Å²) in [5, 5.41) is 8.82. The highest BCUT2D eigenvalue weighted by Gasteiger charge is 2.07. The molecule has 0 heterocycles. The van der Waals surface area contributed by atoms with E-state index in [1.54, 1.807) is 31.2 Å². The van der Waals surface area contributed by atoms with Crippen LogP contribution in [0.3, 0.4) is 0 Å². The summed E-state index contributed by atoms with van der Waals surface area (Å²) in [7, 11) is 0. The Kier molecular flexibility index (Phi) is 3.92. The lowest BCUT2D eigenvalue weighted by molar-refractivity contribution is 0.0696. The van der Waals surface area contributed by atoms with E-state index in [0.717, 1.165) is 6.42 Å². The predicted octanol–water partition coefficient (Wildman–Crippen LogP) is 2.65. The van der Waals surface area contributed by atoms with Gasteiger partial charge in [0.25, 0.3) is 0 Å². The van der Waals surface area contributed by atoms with Crippen molar-refractivity contribution in [3.05, 3.63) is 42.0 Å². The Hall–Kier alpha value is -1.77. The van der Waals surface area contributed by atoms with Crippen LogP contribution in [0.25, 0.3) is 0 Å². The van der Waals surface area contributed by atoms with Gasteiger partial charge in [-0.1, -0.05) is 6.08 Å². The van der Waals surface area contributed by atoms with Gasteiger partial charge in [-0.05, 0) is 37.1 Å². The lowest BCUT2D eigenvalue weighted by Crippen LogP contribution is -2.01. The first-order valence-corrected chi connectivity index (χ1v) is 4.73. The summed E-state index contributed by atoms with van der Waals surface area (Å²) < 4.78 is 5.40. The molecule has 80 valence electrons. The second-order valence-electron chi connectivity index (χ2n) is 3.21. The number of hydrogen-bond donors (Lipinski definition) is 1. The third kappa shape index (κ3) is 3.13. The number of carboxylic acid groups (broad SMARTS) is 1. The first kappa shape index (κ1) is 11.3. The minimum Gasteiger partial charge on any atom is -0.493 e. The van der Waals surface area contributed by atoms with Gasteiger partial charge in [-0.3, -0.25) is 0 Å². The molecular formula is C12H14O3. The van der Waals surface area contributed by atoms with Crippen LogP contribution in [0, 0.1) is 6.92 Å². The van der Waals surface area contributed by atoms with Crippen molar-refractivity contribution in [2.75, 3.05) is 6.61 Å². The topological polar surface area (TPSA) is 46.5 Å². The molecule has 0 fully saturated rings. The van der Waals surface area contributed by atoms with Gasteiger partial charge in [0.05, 0.1) is 12.2 Å². The summed E-state index contributed by atoms with van der Waals surface area (Å²) in [6.45, 7) is 5.91. The predicted molar refractivity (Wildman–Crippen MR) is 58.4 cm³/mol. The number of aromatic carboxylic acids is 1. The quantitative estimate of drug-likeness (QED) is 0.595. The number of carbonyl (C=O) groups is 1. The maximum absolute atomic E-state index is 10.7. The SMILES string of the molecule is C=CCCOc1ccc(C(=O)O)c(C)c1. The molecule has 3 heteroatoms. The van der Waals surface area contributed by atoms with Crippen molar-refractivity contribution in [1.29, 1.82) is 0 Å².